The predicted molar refractivity (Wildman–Crippen MR) is 103 cm³/mol. The number of carbonyl (C=O) groups excluding carboxylic acids is 1. The van der Waals surface area contributed by atoms with Crippen LogP contribution in [-0.4, -0.2) is 20.9 Å². The molecule has 0 aliphatic heterocycles. The third kappa shape index (κ3) is 4.20. The summed E-state index contributed by atoms with van der Waals surface area (Å²) in [5, 5.41) is 6.51. The van der Waals surface area contributed by atoms with Gasteiger partial charge in [0, 0.05) is 11.1 Å². The number of hydrogen-bond acceptors (Lipinski definition) is 5. The Hall–Kier alpha value is -2.87. The van der Waals surface area contributed by atoms with Gasteiger partial charge in [-0.2, -0.15) is 0 Å². The number of allylic oxidation sites excluding steroid dienone is 1. The summed E-state index contributed by atoms with van der Waals surface area (Å²) in [5.41, 5.74) is 1.28. The lowest BCUT2D eigenvalue weighted by molar-refractivity contribution is -0.111. The van der Waals surface area contributed by atoms with Gasteiger partial charge in [0.25, 0.3) is 0 Å². The zero-order valence-electron chi connectivity index (χ0n) is 13.8. The molecule has 6 nitrogen and oxygen atoms in total. The maximum Gasteiger partial charge on any atom is 0.249 e. The zero-order valence-corrected chi connectivity index (χ0v) is 15.4. The summed E-state index contributed by atoms with van der Waals surface area (Å²) < 4.78 is 13.7. The highest BCUT2D eigenvalue weighted by molar-refractivity contribution is 9.10. The maximum absolute atomic E-state index is 13.4. The minimum Gasteiger partial charge on any atom is -0.340 e. The van der Waals surface area contributed by atoms with Crippen molar-refractivity contribution in [2.45, 2.75) is 13.3 Å². The molecule has 0 spiro atoms. The molecule has 0 aliphatic rings. The fourth-order valence-corrected chi connectivity index (χ4v) is 2.61. The van der Waals surface area contributed by atoms with E-state index in [4.69, 9.17) is 0 Å². The van der Waals surface area contributed by atoms with Crippen LogP contribution in [0.3, 0.4) is 0 Å². The molecule has 3 rings (SSSR count). The SMILES string of the molecule is CC/C=C/C(=O)Nc1cc2c(Nc3ccc(F)c(Br)c3)ncnc2cn1. The highest BCUT2D eigenvalue weighted by Crippen LogP contribution is 2.26. The van der Waals surface area contributed by atoms with Gasteiger partial charge in [-0.25, -0.2) is 19.3 Å². The Morgan fingerprint density at radius 3 is 2.88 bits per heavy atom. The first-order chi connectivity index (χ1) is 12.6. The van der Waals surface area contributed by atoms with Crippen LogP contribution in [0, 0.1) is 5.82 Å². The Bertz CT molecular complexity index is 992. The van der Waals surface area contributed by atoms with Gasteiger partial charge in [-0.1, -0.05) is 13.0 Å². The number of halogens is 2. The van der Waals surface area contributed by atoms with E-state index < -0.39 is 0 Å². The summed E-state index contributed by atoms with van der Waals surface area (Å²) >= 11 is 3.16. The van der Waals surface area contributed by atoms with Gasteiger partial charge in [-0.3, -0.25) is 4.79 Å². The fourth-order valence-electron chi connectivity index (χ4n) is 2.23. The molecule has 2 heterocycles. The van der Waals surface area contributed by atoms with Crippen molar-refractivity contribution in [3.05, 3.63) is 59.2 Å². The first kappa shape index (κ1) is 17.9. The number of anilines is 3. The van der Waals surface area contributed by atoms with Crippen molar-refractivity contribution >= 4 is 50.1 Å². The van der Waals surface area contributed by atoms with Crippen molar-refractivity contribution in [2.24, 2.45) is 0 Å². The van der Waals surface area contributed by atoms with E-state index >= 15 is 0 Å². The van der Waals surface area contributed by atoms with E-state index in [0.29, 0.717) is 32.7 Å². The van der Waals surface area contributed by atoms with Gasteiger partial charge in [0.1, 0.15) is 23.8 Å². The number of amides is 1. The third-order valence-corrected chi connectivity index (χ3v) is 4.07. The molecule has 2 aromatic heterocycles. The van der Waals surface area contributed by atoms with Crippen LogP contribution in [0.4, 0.5) is 21.7 Å². The van der Waals surface area contributed by atoms with Gasteiger partial charge in [-0.15, -0.1) is 0 Å². The number of pyridine rings is 1. The molecule has 2 N–H and O–H groups in total. The van der Waals surface area contributed by atoms with Gasteiger partial charge in [-0.05, 0) is 52.7 Å². The highest BCUT2D eigenvalue weighted by atomic mass is 79.9. The molecular weight excluding hydrogens is 401 g/mol. The molecular formula is C18H15BrFN5O. The molecule has 0 saturated heterocycles. The average Bonchev–Trinajstić information content (AvgIpc) is 2.63. The molecule has 0 bridgehead atoms. The first-order valence-corrected chi connectivity index (χ1v) is 8.66. The van der Waals surface area contributed by atoms with Crippen LogP contribution >= 0.6 is 15.9 Å². The monoisotopic (exact) mass is 415 g/mol. The van der Waals surface area contributed by atoms with E-state index in [1.54, 1.807) is 30.5 Å². The van der Waals surface area contributed by atoms with Crippen molar-refractivity contribution in [3.8, 4) is 0 Å². The molecule has 0 unspecified atom stereocenters. The minimum absolute atomic E-state index is 0.257. The van der Waals surface area contributed by atoms with Crippen molar-refractivity contribution in [3.63, 3.8) is 0 Å². The van der Waals surface area contributed by atoms with E-state index in [2.05, 4.69) is 41.5 Å². The third-order valence-electron chi connectivity index (χ3n) is 3.46. The van der Waals surface area contributed by atoms with Crippen LogP contribution in [0.1, 0.15) is 13.3 Å². The number of benzene rings is 1. The smallest absolute Gasteiger partial charge is 0.249 e. The van der Waals surface area contributed by atoms with E-state index in [1.165, 1.54) is 18.5 Å². The second-order valence-corrected chi connectivity index (χ2v) is 6.22. The van der Waals surface area contributed by atoms with Crippen LogP contribution in [-0.2, 0) is 4.79 Å². The number of nitrogens with one attached hydrogen (secondary N) is 2. The van der Waals surface area contributed by atoms with Crippen LogP contribution in [0.5, 0.6) is 0 Å². The average molecular weight is 416 g/mol. The Labute approximate surface area is 157 Å². The molecule has 0 aliphatic carbocycles. The van der Waals surface area contributed by atoms with Crippen molar-refractivity contribution < 1.29 is 9.18 Å². The van der Waals surface area contributed by atoms with Gasteiger partial charge in [0.15, 0.2) is 0 Å². The fraction of sp³-hybridized carbons (Fsp3) is 0.111. The molecule has 3 aromatic rings. The first-order valence-electron chi connectivity index (χ1n) is 7.87. The zero-order chi connectivity index (χ0) is 18.5. The highest BCUT2D eigenvalue weighted by Gasteiger charge is 2.09. The maximum atomic E-state index is 13.4. The quantitative estimate of drug-likeness (QED) is 0.596. The lowest BCUT2D eigenvalue weighted by atomic mass is 10.2. The van der Waals surface area contributed by atoms with E-state index in [1.807, 2.05) is 6.92 Å². The Morgan fingerprint density at radius 1 is 1.27 bits per heavy atom. The van der Waals surface area contributed by atoms with Crippen LogP contribution in [0.25, 0.3) is 10.9 Å². The number of nitrogens with zero attached hydrogens (tertiary/aromatic N) is 3. The Kier molecular flexibility index (Phi) is 5.52. The second kappa shape index (κ2) is 8.01. The van der Waals surface area contributed by atoms with Crippen molar-refractivity contribution in [1.82, 2.24) is 15.0 Å². The van der Waals surface area contributed by atoms with Gasteiger partial charge >= 0.3 is 0 Å². The molecule has 0 atom stereocenters. The number of aromatic nitrogens is 3. The molecule has 26 heavy (non-hydrogen) atoms. The Morgan fingerprint density at radius 2 is 2.12 bits per heavy atom. The molecule has 0 saturated carbocycles. The minimum atomic E-state index is -0.350. The van der Waals surface area contributed by atoms with E-state index in [0.717, 1.165) is 6.42 Å². The van der Waals surface area contributed by atoms with E-state index in [-0.39, 0.29) is 11.7 Å². The topological polar surface area (TPSA) is 79.8 Å². The molecule has 1 aromatic carbocycles. The number of fused-ring (bicyclic) bond motifs is 1. The van der Waals surface area contributed by atoms with Gasteiger partial charge in [0.05, 0.1) is 16.2 Å². The molecule has 0 fully saturated rings. The summed E-state index contributed by atoms with van der Waals surface area (Å²) in [6.45, 7) is 1.95. The van der Waals surface area contributed by atoms with Gasteiger partial charge < -0.3 is 10.6 Å². The van der Waals surface area contributed by atoms with Crippen LogP contribution in [0.2, 0.25) is 0 Å². The van der Waals surface area contributed by atoms with E-state index in [9.17, 15) is 9.18 Å². The molecule has 0 radical (unpaired) electrons. The van der Waals surface area contributed by atoms with Gasteiger partial charge in [0.2, 0.25) is 5.91 Å². The molecule has 132 valence electrons. The van der Waals surface area contributed by atoms with Crippen molar-refractivity contribution in [1.29, 1.82) is 0 Å². The summed E-state index contributed by atoms with van der Waals surface area (Å²) in [6.07, 6.45) is 6.96. The lowest BCUT2D eigenvalue weighted by Crippen LogP contribution is -2.09. The molecule has 8 heteroatoms. The standard InChI is InChI=1S/C18H15BrFN5O/c1-2-3-4-17(26)25-16-8-12-15(9-21-16)22-10-23-18(12)24-11-5-6-14(20)13(19)7-11/h3-10H,2H2,1H3,(H,21,25,26)(H,22,23,24)/b4-3+. The summed E-state index contributed by atoms with van der Waals surface area (Å²) in [7, 11) is 0. The predicted octanol–water partition coefficient (Wildman–Crippen LogP) is 4.57. The summed E-state index contributed by atoms with van der Waals surface area (Å²) in [4.78, 5) is 24.4. The largest absolute Gasteiger partial charge is 0.340 e. The second-order valence-electron chi connectivity index (χ2n) is 5.36. The summed E-state index contributed by atoms with van der Waals surface area (Å²) in [6, 6.07) is 6.26. The normalized spacial score (nSPS) is 11.0. The Balaban J connectivity index is 1.92. The number of hydrogen-bond donors (Lipinski definition) is 2. The van der Waals surface area contributed by atoms with Crippen LogP contribution in [0.15, 0.2) is 53.4 Å². The van der Waals surface area contributed by atoms with Crippen molar-refractivity contribution in [2.75, 3.05) is 10.6 Å². The summed E-state index contributed by atoms with van der Waals surface area (Å²) in [5.74, 6) is 0.307. The number of carbonyl (C=O) groups is 1. The molecule has 1 amide bonds. The lowest BCUT2D eigenvalue weighted by Gasteiger charge is -2.10. The number of rotatable bonds is 5. The van der Waals surface area contributed by atoms with Crippen LogP contribution < -0.4 is 10.6 Å².